The minimum Gasteiger partial charge on any atom is -0.241 e. The van der Waals surface area contributed by atoms with E-state index >= 15 is 0 Å². The number of nitrogens with two attached hydrogens (primary N) is 1. The number of primary sulfonamides is 1. The average molecular weight is 393 g/mol. The molecule has 0 saturated heterocycles. The molecule has 130 valence electrons. The van der Waals surface area contributed by atoms with E-state index in [4.69, 9.17) is 16.7 Å². The van der Waals surface area contributed by atoms with Gasteiger partial charge in [-0.2, -0.15) is 0 Å². The summed E-state index contributed by atoms with van der Waals surface area (Å²) in [4.78, 5) is 4.64. The zero-order chi connectivity index (χ0) is 18.4. The Kier molecular flexibility index (Phi) is 4.72. The summed E-state index contributed by atoms with van der Waals surface area (Å²) in [5, 5.41) is 8.81. The molecule has 2 N–H and O–H groups in total. The summed E-state index contributed by atoms with van der Waals surface area (Å²) in [7, 11) is -3.84. The molecule has 0 atom stereocenters. The zero-order valence-electron chi connectivity index (χ0n) is 14.0. The number of thiazole rings is 1. The summed E-state index contributed by atoms with van der Waals surface area (Å²) >= 11 is 8.07. The number of rotatable bonds is 3. The third-order valence-electron chi connectivity index (χ3n) is 4.02. The van der Waals surface area contributed by atoms with Crippen LogP contribution < -0.4 is 5.14 Å². The fourth-order valence-electron chi connectivity index (χ4n) is 2.82. The van der Waals surface area contributed by atoms with E-state index < -0.39 is 10.0 Å². The van der Waals surface area contributed by atoms with Crippen molar-refractivity contribution in [2.75, 3.05) is 0 Å². The van der Waals surface area contributed by atoms with Gasteiger partial charge in [0.2, 0.25) is 10.0 Å². The predicted molar refractivity (Wildman–Crippen MR) is 104 cm³/mol. The first-order valence-electron chi connectivity index (χ1n) is 7.54. The van der Waals surface area contributed by atoms with Crippen molar-refractivity contribution in [2.45, 2.75) is 25.7 Å². The molecular weight excluding hydrogens is 376 g/mol. The Morgan fingerprint density at radius 2 is 1.80 bits per heavy atom. The molecule has 0 fully saturated rings. The molecule has 7 heteroatoms. The Labute approximate surface area is 156 Å². The number of aromatic nitrogens is 1. The van der Waals surface area contributed by atoms with Gasteiger partial charge in [0.25, 0.3) is 0 Å². The van der Waals surface area contributed by atoms with Gasteiger partial charge in [0.1, 0.15) is 5.01 Å². The van der Waals surface area contributed by atoms with Crippen LogP contribution in [0.4, 0.5) is 0 Å². The number of aryl methyl sites for hydroxylation is 2. The van der Waals surface area contributed by atoms with E-state index in [1.807, 2.05) is 32.2 Å². The smallest absolute Gasteiger partial charge is 0.238 e. The lowest BCUT2D eigenvalue weighted by molar-refractivity contribution is 0.598. The van der Waals surface area contributed by atoms with Gasteiger partial charge in [-0.15, -0.1) is 11.3 Å². The molecule has 4 nitrogen and oxygen atoms in total. The number of halogens is 1. The van der Waals surface area contributed by atoms with Crippen LogP contribution in [0.1, 0.15) is 16.8 Å². The molecule has 0 aliphatic carbocycles. The van der Waals surface area contributed by atoms with Gasteiger partial charge in [-0.1, -0.05) is 29.8 Å². The van der Waals surface area contributed by atoms with Crippen LogP contribution in [0.5, 0.6) is 0 Å². The molecule has 0 saturated carbocycles. The lowest BCUT2D eigenvalue weighted by Crippen LogP contribution is -2.13. The third-order valence-corrected chi connectivity index (χ3v) is 6.46. The lowest BCUT2D eigenvalue weighted by atomic mass is 9.94. The molecule has 3 rings (SSSR count). The largest absolute Gasteiger partial charge is 0.241 e. The van der Waals surface area contributed by atoms with Crippen LogP contribution in [0.2, 0.25) is 5.02 Å². The highest BCUT2D eigenvalue weighted by Gasteiger charge is 2.21. The Morgan fingerprint density at radius 1 is 1.12 bits per heavy atom. The lowest BCUT2D eigenvalue weighted by Gasteiger charge is -2.16. The highest BCUT2D eigenvalue weighted by molar-refractivity contribution is 7.89. The topological polar surface area (TPSA) is 73.1 Å². The normalized spacial score (nSPS) is 11.7. The van der Waals surface area contributed by atoms with Gasteiger partial charge in [0, 0.05) is 22.2 Å². The molecule has 0 spiro atoms. The average Bonchev–Trinajstić information content (AvgIpc) is 2.96. The Bertz CT molecular complexity index is 1070. The molecule has 2 aromatic carbocycles. The third kappa shape index (κ3) is 3.35. The number of sulfonamides is 1. The summed E-state index contributed by atoms with van der Waals surface area (Å²) in [5.74, 6) is 0. The first-order valence-corrected chi connectivity index (χ1v) is 10.3. The Morgan fingerprint density at radius 3 is 2.40 bits per heavy atom. The van der Waals surface area contributed by atoms with Crippen LogP contribution in [-0.2, 0) is 10.0 Å². The molecule has 0 unspecified atom stereocenters. The van der Waals surface area contributed by atoms with Gasteiger partial charge in [0.15, 0.2) is 0 Å². The molecule has 3 aromatic rings. The van der Waals surface area contributed by atoms with Crippen molar-refractivity contribution in [3.8, 4) is 21.7 Å². The quantitative estimate of drug-likeness (QED) is 0.701. The molecule has 25 heavy (non-hydrogen) atoms. The molecule has 0 amide bonds. The fraction of sp³-hybridized carbons (Fsp3) is 0.167. The van der Waals surface area contributed by atoms with Gasteiger partial charge < -0.3 is 0 Å². The first-order chi connectivity index (χ1) is 11.7. The van der Waals surface area contributed by atoms with Crippen molar-refractivity contribution in [2.24, 2.45) is 5.14 Å². The summed E-state index contributed by atoms with van der Waals surface area (Å²) < 4.78 is 24.0. The first kappa shape index (κ1) is 18.1. The SMILES string of the molecule is Cc1csc(-c2c(C)c(-c3ccccc3S(N)(=O)=O)cc(C)c2Cl)n1. The minimum atomic E-state index is -3.84. The molecule has 0 bridgehead atoms. The van der Waals surface area contributed by atoms with E-state index in [0.29, 0.717) is 10.6 Å². The predicted octanol–water partition coefficient (Wildman–Crippen LogP) is 4.70. The molecule has 0 radical (unpaired) electrons. The second-order valence-electron chi connectivity index (χ2n) is 5.89. The summed E-state index contributed by atoms with van der Waals surface area (Å²) in [6.45, 7) is 5.75. The van der Waals surface area contributed by atoms with Crippen molar-refractivity contribution < 1.29 is 8.42 Å². The van der Waals surface area contributed by atoms with Gasteiger partial charge in [-0.25, -0.2) is 18.5 Å². The van der Waals surface area contributed by atoms with Gasteiger partial charge >= 0.3 is 0 Å². The van der Waals surface area contributed by atoms with Gasteiger partial charge in [0.05, 0.1) is 9.92 Å². The van der Waals surface area contributed by atoms with Crippen molar-refractivity contribution in [3.63, 3.8) is 0 Å². The van der Waals surface area contributed by atoms with E-state index in [1.54, 1.807) is 18.2 Å². The summed E-state index contributed by atoms with van der Waals surface area (Å²) in [6, 6.07) is 8.62. The number of hydrogen-bond acceptors (Lipinski definition) is 4. The molecule has 1 heterocycles. The van der Waals surface area contributed by atoms with E-state index in [2.05, 4.69) is 4.98 Å². The highest BCUT2D eigenvalue weighted by Crippen LogP contribution is 2.41. The van der Waals surface area contributed by atoms with E-state index in [9.17, 15) is 8.42 Å². The van der Waals surface area contributed by atoms with E-state index in [1.165, 1.54) is 17.4 Å². The van der Waals surface area contributed by atoms with E-state index in [-0.39, 0.29) is 4.90 Å². The van der Waals surface area contributed by atoms with E-state index in [0.717, 1.165) is 33.0 Å². The fourth-order valence-corrected chi connectivity index (χ4v) is 4.82. The molecule has 1 aromatic heterocycles. The van der Waals surface area contributed by atoms with Gasteiger partial charge in [-0.05, 0) is 49.6 Å². The van der Waals surface area contributed by atoms with Crippen molar-refractivity contribution >= 4 is 33.0 Å². The van der Waals surface area contributed by atoms with Crippen LogP contribution in [0.3, 0.4) is 0 Å². The van der Waals surface area contributed by atoms with Gasteiger partial charge in [-0.3, -0.25) is 0 Å². The number of benzene rings is 2. The maximum Gasteiger partial charge on any atom is 0.238 e. The second-order valence-corrected chi connectivity index (χ2v) is 8.66. The number of nitrogens with zero attached hydrogens (tertiary/aromatic N) is 1. The Hall–Kier alpha value is -1.73. The van der Waals surface area contributed by atoms with Crippen LogP contribution in [-0.4, -0.2) is 13.4 Å². The van der Waals surface area contributed by atoms with Crippen molar-refractivity contribution in [1.82, 2.24) is 4.98 Å². The molecule has 0 aliphatic heterocycles. The molecular formula is C18H17ClN2O2S2. The molecule has 0 aliphatic rings. The van der Waals surface area contributed by atoms with Crippen LogP contribution >= 0.6 is 22.9 Å². The minimum absolute atomic E-state index is 0.0982. The van der Waals surface area contributed by atoms with Crippen LogP contribution in [0.15, 0.2) is 40.6 Å². The highest BCUT2D eigenvalue weighted by atomic mass is 35.5. The van der Waals surface area contributed by atoms with Crippen molar-refractivity contribution in [1.29, 1.82) is 0 Å². The summed E-state index contributed by atoms with van der Waals surface area (Å²) in [5.41, 5.74) is 4.84. The number of hydrogen-bond donors (Lipinski definition) is 1. The Balaban J connectivity index is 2.36. The summed E-state index contributed by atoms with van der Waals surface area (Å²) in [6.07, 6.45) is 0. The second kappa shape index (κ2) is 6.53. The maximum absolute atomic E-state index is 12.0. The standard InChI is InChI=1S/C18H17ClN2O2S2/c1-10-8-14(13-6-4-5-7-15(13)25(20,22)23)12(3)16(17(10)19)18-21-11(2)9-24-18/h4-9H,1-3H3,(H2,20,22,23). The zero-order valence-corrected chi connectivity index (χ0v) is 16.4. The monoisotopic (exact) mass is 392 g/mol. The maximum atomic E-state index is 12.0. The van der Waals surface area contributed by atoms with Crippen LogP contribution in [0, 0.1) is 20.8 Å². The van der Waals surface area contributed by atoms with Crippen LogP contribution in [0.25, 0.3) is 21.7 Å². The van der Waals surface area contributed by atoms with Crippen molar-refractivity contribution in [3.05, 3.63) is 57.6 Å².